The van der Waals surface area contributed by atoms with Crippen LogP contribution in [0.1, 0.15) is 49.8 Å². The highest BCUT2D eigenvalue weighted by Crippen LogP contribution is 2.30. The van der Waals surface area contributed by atoms with E-state index in [1.165, 1.54) is 31.2 Å². The summed E-state index contributed by atoms with van der Waals surface area (Å²) in [4.78, 5) is 0. The lowest BCUT2D eigenvalue weighted by molar-refractivity contribution is 0.486. The maximum atomic E-state index is 5.69. The van der Waals surface area contributed by atoms with Gasteiger partial charge < -0.3 is 5.73 Å². The molecule has 88 valence electrons. The number of benzene rings is 1. The molecule has 1 nitrogen and oxygen atoms in total. The maximum Gasteiger partial charge on any atom is -0.00690 e. The van der Waals surface area contributed by atoms with Crippen LogP contribution in [-0.2, 0) is 18.3 Å². The van der Waals surface area contributed by atoms with E-state index >= 15 is 0 Å². The zero-order chi connectivity index (χ0) is 11.6. The first kappa shape index (κ1) is 11.7. The molecule has 16 heavy (non-hydrogen) atoms. The highest BCUT2D eigenvalue weighted by molar-refractivity contribution is 5.36. The molecule has 0 radical (unpaired) electrons. The quantitative estimate of drug-likeness (QED) is 0.826. The molecule has 1 heteroatoms. The lowest BCUT2D eigenvalue weighted by Gasteiger charge is -2.27. The largest absolute Gasteiger partial charge is 0.330 e. The van der Waals surface area contributed by atoms with E-state index in [-0.39, 0.29) is 5.41 Å². The third-order valence-corrected chi connectivity index (χ3v) is 3.90. The van der Waals surface area contributed by atoms with Gasteiger partial charge >= 0.3 is 0 Å². The maximum absolute atomic E-state index is 5.69. The molecular formula is C15H23N. The molecule has 0 aliphatic heterocycles. The van der Waals surface area contributed by atoms with Crippen LogP contribution in [0.4, 0.5) is 0 Å². The van der Waals surface area contributed by atoms with Gasteiger partial charge in [0.15, 0.2) is 0 Å². The Morgan fingerprint density at radius 3 is 2.50 bits per heavy atom. The zero-order valence-corrected chi connectivity index (χ0v) is 10.6. The zero-order valence-electron chi connectivity index (χ0n) is 10.6. The molecule has 0 fully saturated rings. The van der Waals surface area contributed by atoms with E-state index in [0.29, 0.717) is 0 Å². The fraction of sp³-hybridized carbons (Fsp3) is 0.600. The van der Waals surface area contributed by atoms with Gasteiger partial charge in [0.25, 0.3) is 0 Å². The highest BCUT2D eigenvalue weighted by atomic mass is 14.5. The summed E-state index contributed by atoms with van der Waals surface area (Å²) in [5.74, 6) is 0. The SMILES string of the molecule is CC(C)(CCN)c1ccc2c(c1)CCCC2. The van der Waals surface area contributed by atoms with Crippen molar-refractivity contribution < 1.29 is 0 Å². The third-order valence-electron chi connectivity index (χ3n) is 3.90. The van der Waals surface area contributed by atoms with E-state index in [2.05, 4.69) is 32.0 Å². The van der Waals surface area contributed by atoms with Crippen LogP contribution in [0, 0.1) is 0 Å². The second-order valence-corrected chi connectivity index (χ2v) is 5.61. The van der Waals surface area contributed by atoms with Crippen LogP contribution in [0.3, 0.4) is 0 Å². The molecule has 1 aliphatic rings. The fourth-order valence-corrected chi connectivity index (χ4v) is 2.66. The summed E-state index contributed by atoms with van der Waals surface area (Å²) in [6.45, 7) is 5.36. The van der Waals surface area contributed by atoms with Crippen LogP contribution in [0.2, 0.25) is 0 Å². The van der Waals surface area contributed by atoms with Crippen LogP contribution in [-0.4, -0.2) is 6.54 Å². The van der Waals surface area contributed by atoms with E-state index in [1.54, 1.807) is 11.1 Å². The molecule has 0 saturated heterocycles. The smallest absolute Gasteiger partial charge is 0.00690 e. The molecule has 2 N–H and O–H groups in total. The molecule has 1 aromatic carbocycles. The summed E-state index contributed by atoms with van der Waals surface area (Å²) in [6, 6.07) is 7.06. The topological polar surface area (TPSA) is 26.0 Å². The Morgan fingerprint density at radius 2 is 1.81 bits per heavy atom. The van der Waals surface area contributed by atoms with Crippen LogP contribution in [0.15, 0.2) is 18.2 Å². The number of fused-ring (bicyclic) bond motifs is 1. The first-order valence-electron chi connectivity index (χ1n) is 6.46. The normalized spacial score (nSPS) is 15.9. The molecule has 1 aromatic rings. The average molecular weight is 217 g/mol. The Morgan fingerprint density at radius 1 is 1.12 bits per heavy atom. The molecule has 0 spiro atoms. The first-order valence-corrected chi connectivity index (χ1v) is 6.46. The van der Waals surface area contributed by atoms with Gasteiger partial charge in [-0.15, -0.1) is 0 Å². The number of rotatable bonds is 3. The Balaban J connectivity index is 2.29. The monoisotopic (exact) mass is 217 g/mol. The van der Waals surface area contributed by atoms with Gasteiger partial charge in [-0.25, -0.2) is 0 Å². The van der Waals surface area contributed by atoms with Crippen LogP contribution in [0.5, 0.6) is 0 Å². The van der Waals surface area contributed by atoms with Gasteiger partial charge in [-0.05, 0) is 60.8 Å². The van der Waals surface area contributed by atoms with Gasteiger partial charge in [-0.3, -0.25) is 0 Å². The fourth-order valence-electron chi connectivity index (χ4n) is 2.66. The molecule has 0 aromatic heterocycles. The predicted octanol–water partition coefficient (Wildman–Crippen LogP) is 3.19. The number of hydrogen-bond donors (Lipinski definition) is 1. The molecule has 0 heterocycles. The molecule has 0 saturated carbocycles. The molecule has 1 aliphatic carbocycles. The molecular weight excluding hydrogens is 194 g/mol. The Bertz CT molecular complexity index is 366. The standard InChI is InChI=1S/C15H23N/c1-15(2,9-10-16)14-8-7-12-5-3-4-6-13(12)11-14/h7-8,11H,3-6,9-10,16H2,1-2H3. The number of aryl methyl sites for hydroxylation is 2. The lowest BCUT2D eigenvalue weighted by atomic mass is 9.79. The second kappa shape index (κ2) is 4.58. The first-order chi connectivity index (χ1) is 7.63. The average Bonchev–Trinajstić information content (AvgIpc) is 2.28. The molecule has 0 bridgehead atoms. The minimum absolute atomic E-state index is 0.223. The van der Waals surface area contributed by atoms with Crippen molar-refractivity contribution in [2.75, 3.05) is 6.54 Å². The van der Waals surface area contributed by atoms with E-state index in [9.17, 15) is 0 Å². The summed E-state index contributed by atoms with van der Waals surface area (Å²) in [5, 5.41) is 0. The highest BCUT2D eigenvalue weighted by Gasteiger charge is 2.21. The van der Waals surface area contributed by atoms with Gasteiger partial charge in [0.05, 0.1) is 0 Å². The molecule has 0 amide bonds. The third kappa shape index (κ3) is 2.30. The van der Waals surface area contributed by atoms with E-state index in [0.717, 1.165) is 13.0 Å². The minimum atomic E-state index is 0.223. The Kier molecular flexibility index (Phi) is 3.34. The van der Waals surface area contributed by atoms with Crippen molar-refractivity contribution in [2.45, 2.75) is 51.4 Å². The van der Waals surface area contributed by atoms with Crippen molar-refractivity contribution in [1.29, 1.82) is 0 Å². The predicted molar refractivity (Wildman–Crippen MR) is 69.8 cm³/mol. The Hall–Kier alpha value is -0.820. The Labute approximate surface area is 99.0 Å². The number of hydrogen-bond acceptors (Lipinski definition) is 1. The molecule has 0 unspecified atom stereocenters. The van der Waals surface area contributed by atoms with Gasteiger partial charge in [-0.2, -0.15) is 0 Å². The second-order valence-electron chi connectivity index (χ2n) is 5.61. The van der Waals surface area contributed by atoms with Crippen molar-refractivity contribution in [3.05, 3.63) is 34.9 Å². The van der Waals surface area contributed by atoms with Crippen molar-refractivity contribution in [3.63, 3.8) is 0 Å². The van der Waals surface area contributed by atoms with Gasteiger partial charge in [0.1, 0.15) is 0 Å². The van der Waals surface area contributed by atoms with Gasteiger partial charge in [-0.1, -0.05) is 32.0 Å². The summed E-state index contributed by atoms with van der Waals surface area (Å²) in [5.41, 5.74) is 10.5. The van der Waals surface area contributed by atoms with E-state index in [1.807, 2.05) is 0 Å². The van der Waals surface area contributed by atoms with Gasteiger partial charge in [0, 0.05) is 0 Å². The van der Waals surface area contributed by atoms with E-state index in [4.69, 9.17) is 5.73 Å². The summed E-state index contributed by atoms with van der Waals surface area (Å²) in [7, 11) is 0. The van der Waals surface area contributed by atoms with Crippen molar-refractivity contribution in [1.82, 2.24) is 0 Å². The van der Waals surface area contributed by atoms with Crippen molar-refractivity contribution >= 4 is 0 Å². The van der Waals surface area contributed by atoms with Crippen molar-refractivity contribution in [2.24, 2.45) is 5.73 Å². The van der Waals surface area contributed by atoms with Gasteiger partial charge in [0.2, 0.25) is 0 Å². The number of nitrogens with two attached hydrogens (primary N) is 1. The molecule has 2 rings (SSSR count). The van der Waals surface area contributed by atoms with Crippen LogP contribution >= 0.6 is 0 Å². The van der Waals surface area contributed by atoms with E-state index < -0.39 is 0 Å². The van der Waals surface area contributed by atoms with Crippen LogP contribution < -0.4 is 5.73 Å². The molecule has 0 atom stereocenters. The van der Waals surface area contributed by atoms with Crippen molar-refractivity contribution in [3.8, 4) is 0 Å². The van der Waals surface area contributed by atoms with Crippen LogP contribution in [0.25, 0.3) is 0 Å². The summed E-state index contributed by atoms with van der Waals surface area (Å²) >= 11 is 0. The summed E-state index contributed by atoms with van der Waals surface area (Å²) < 4.78 is 0. The summed E-state index contributed by atoms with van der Waals surface area (Å²) in [6.07, 6.45) is 6.31. The lowest BCUT2D eigenvalue weighted by Crippen LogP contribution is -2.22. The minimum Gasteiger partial charge on any atom is -0.330 e.